The van der Waals surface area contributed by atoms with Crippen molar-refractivity contribution in [3.05, 3.63) is 59.2 Å². The van der Waals surface area contributed by atoms with E-state index in [0.29, 0.717) is 16.8 Å². The normalized spacial score (nSPS) is 14.8. The molecule has 0 bridgehead atoms. The van der Waals surface area contributed by atoms with Crippen LogP contribution in [0.15, 0.2) is 48.7 Å². The maximum absolute atomic E-state index is 12.7. The van der Waals surface area contributed by atoms with Crippen molar-refractivity contribution in [2.45, 2.75) is 13.8 Å². The smallest absolute Gasteiger partial charge is 0.229 e. The molecule has 9 heteroatoms. The van der Waals surface area contributed by atoms with Gasteiger partial charge in [0.25, 0.3) is 0 Å². The average molecular weight is 499 g/mol. The van der Waals surface area contributed by atoms with Crippen molar-refractivity contribution in [2.75, 3.05) is 61.6 Å². The Kier molecular flexibility index (Phi) is 7.46. The highest BCUT2D eigenvalue weighted by Gasteiger charge is 2.19. The maximum Gasteiger partial charge on any atom is 0.229 e. The lowest BCUT2D eigenvalue weighted by molar-refractivity contribution is 0.271. The van der Waals surface area contributed by atoms with Crippen LogP contribution in [0.2, 0.25) is 5.02 Å². The zero-order valence-electron chi connectivity index (χ0n) is 20.2. The monoisotopic (exact) mass is 498 g/mol. The Hall–Kier alpha value is -2.60. The van der Waals surface area contributed by atoms with Crippen LogP contribution >= 0.6 is 18.7 Å². The number of para-hydroxylation sites is 1. The van der Waals surface area contributed by atoms with Crippen LogP contribution in [-0.2, 0) is 4.57 Å². The van der Waals surface area contributed by atoms with E-state index in [0.717, 1.165) is 49.4 Å². The van der Waals surface area contributed by atoms with Gasteiger partial charge in [-0.1, -0.05) is 30.7 Å². The molecule has 0 aliphatic carbocycles. The van der Waals surface area contributed by atoms with E-state index in [9.17, 15) is 4.57 Å². The van der Waals surface area contributed by atoms with Crippen LogP contribution in [0, 0.1) is 6.92 Å². The Labute approximate surface area is 206 Å². The molecule has 0 radical (unpaired) electrons. The Morgan fingerprint density at radius 2 is 1.79 bits per heavy atom. The molecular formula is C25H32ClN6OP. The second kappa shape index (κ2) is 10.3. The molecule has 2 heterocycles. The highest BCUT2D eigenvalue weighted by Crippen LogP contribution is 2.38. The summed E-state index contributed by atoms with van der Waals surface area (Å²) in [5.74, 6) is 0.895. The van der Waals surface area contributed by atoms with E-state index in [1.54, 1.807) is 19.5 Å². The van der Waals surface area contributed by atoms with Gasteiger partial charge in [-0.25, -0.2) is 4.98 Å². The number of nitrogens with zero attached hydrogens (tertiary/aromatic N) is 4. The number of aryl methyl sites for hydroxylation is 1. The molecule has 0 unspecified atom stereocenters. The molecule has 1 aliphatic heterocycles. The minimum atomic E-state index is -2.47. The summed E-state index contributed by atoms with van der Waals surface area (Å²) >= 11 is 6.38. The molecule has 1 fully saturated rings. The molecule has 4 rings (SSSR count). The molecule has 1 aromatic heterocycles. The SMILES string of the molecule is CCN1CCN(c2ccc(Nc3ncc(Cl)c(Nc4ccccc4P(C)(C)=O)n3)cc2C)CC1. The molecule has 0 saturated carbocycles. The molecule has 1 saturated heterocycles. The van der Waals surface area contributed by atoms with E-state index >= 15 is 0 Å². The second-order valence-electron chi connectivity index (χ2n) is 8.93. The Morgan fingerprint density at radius 3 is 2.47 bits per heavy atom. The van der Waals surface area contributed by atoms with Crippen molar-refractivity contribution in [1.82, 2.24) is 14.9 Å². The number of hydrogen-bond donors (Lipinski definition) is 2. The number of halogens is 1. The van der Waals surface area contributed by atoms with Crippen molar-refractivity contribution in [3.8, 4) is 0 Å². The number of likely N-dealkylation sites (N-methyl/N-ethyl adjacent to an activating group) is 1. The van der Waals surface area contributed by atoms with Gasteiger partial charge in [-0.2, -0.15) is 4.98 Å². The molecule has 2 aromatic carbocycles. The van der Waals surface area contributed by atoms with Crippen LogP contribution in [0.5, 0.6) is 0 Å². The molecule has 0 amide bonds. The van der Waals surface area contributed by atoms with Gasteiger partial charge in [-0.15, -0.1) is 0 Å². The minimum Gasteiger partial charge on any atom is -0.369 e. The quantitative estimate of drug-likeness (QED) is 0.427. The fourth-order valence-corrected chi connectivity index (χ4v) is 5.51. The molecule has 3 aromatic rings. The predicted molar refractivity (Wildman–Crippen MR) is 145 cm³/mol. The van der Waals surface area contributed by atoms with Crippen LogP contribution < -0.4 is 20.8 Å². The van der Waals surface area contributed by atoms with Gasteiger partial charge in [-0.3, -0.25) is 0 Å². The van der Waals surface area contributed by atoms with Crippen molar-refractivity contribution >= 4 is 52.9 Å². The molecule has 34 heavy (non-hydrogen) atoms. The third kappa shape index (κ3) is 5.72. The van der Waals surface area contributed by atoms with Gasteiger partial charge in [0.1, 0.15) is 12.2 Å². The van der Waals surface area contributed by atoms with Crippen LogP contribution in [0.25, 0.3) is 0 Å². The van der Waals surface area contributed by atoms with E-state index in [2.05, 4.69) is 62.4 Å². The van der Waals surface area contributed by atoms with Gasteiger partial charge in [0.2, 0.25) is 5.95 Å². The van der Waals surface area contributed by atoms with Crippen LogP contribution in [0.1, 0.15) is 12.5 Å². The van der Waals surface area contributed by atoms with E-state index < -0.39 is 7.14 Å². The Bertz CT molecular complexity index is 1210. The average Bonchev–Trinajstić information content (AvgIpc) is 2.81. The number of piperazine rings is 1. The summed E-state index contributed by atoms with van der Waals surface area (Å²) < 4.78 is 12.7. The maximum atomic E-state index is 12.7. The lowest BCUT2D eigenvalue weighted by atomic mass is 10.1. The summed E-state index contributed by atoms with van der Waals surface area (Å²) in [5, 5.41) is 7.67. The fraction of sp³-hybridized carbons (Fsp3) is 0.360. The first-order valence-corrected chi connectivity index (χ1v) is 14.5. The van der Waals surface area contributed by atoms with Gasteiger partial charge in [0.15, 0.2) is 5.82 Å². The molecular weight excluding hydrogens is 467 g/mol. The summed E-state index contributed by atoms with van der Waals surface area (Å²) in [6.45, 7) is 13.2. The number of rotatable bonds is 7. The lowest BCUT2D eigenvalue weighted by Gasteiger charge is -2.36. The zero-order valence-corrected chi connectivity index (χ0v) is 21.8. The summed E-state index contributed by atoms with van der Waals surface area (Å²) in [7, 11) is -2.47. The lowest BCUT2D eigenvalue weighted by Crippen LogP contribution is -2.46. The van der Waals surface area contributed by atoms with Gasteiger partial charge in [-0.05, 0) is 62.7 Å². The predicted octanol–water partition coefficient (Wildman–Crippen LogP) is 5.32. The number of aromatic nitrogens is 2. The summed E-state index contributed by atoms with van der Waals surface area (Å²) in [5.41, 5.74) is 4.11. The third-order valence-electron chi connectivity index (χ3n) is 6.09. The molecule has 0 spiro atoms. The van der Waals surface area contributed by atoms with Gasteiger partial charge < -0.3 is 25.0 Å². The minimum absolute atomic E-state index is 0.389. The number of nitrogens with one attached hydrogen (secondary N) is 2. The topological polar surface area (TPSA) is 73.4 Å². The zero-order chi connectivity index (χ0) is 24.3. The number of anilines is 5. The third-order valence-corrected chi connectivity index (χ3v) is 7.92. The molecule has 2 N–H and O–H groups in total. The molecule has 0 atom stereocenters. The van der Waals surface area contributed by atoms with E-state index in [4.69, 9.17) is 11.6 Å². The second-order valence-corrected chi connectivity index (χ2v) is 12.5. The van der Waals surface area contributed by atoms with Crippen LogP contribution in [-0.4, -0.2) is 60.9 Å². The van der Waals surface area contributed by atoms with Crippen molar-refractivity contribution in [3.63, 3.8) is 0 Å². The van der Waals surface area contributed by atoms with E-state index in [1.807, 2.05) is 24.3 Å². The van der Waals surface area contributed by atoms with E-state index in [-0.39, 0.29) is 0 Å². The molecule has 1 aliphatic rings. The summed E-state index contributed by atoms with van der Waals surface area (Å²) in [6.07, 6.45) is 1.56. The van der Waals surface area contributed by atoms with Crippen LogP contribution in [0.4, 0.5) is 28.8 Å². The summed E-state index contributed by atoms with van der Waals surface area (Å²) in [4.78, 5) is 13.8. The molecule has 180 valence electrons. The van der Waals surface area contributed by atoms with Crippen molar-refractivity contribution in [1.29, 1.82) is 0 Å². The largest absolute Gasteiger partial charge is 0.369 e. The first-order valence-electron chi connectivity index (χ1n) is 11.5. The highest BCUT2D eigenvalue weighted by atomic mass is 35.5. The molecule has 7 nitrogen and oxygen atoms in total. The standard InChI is InChI=1S/C25H32ClN6OP/c1-5-31-12-14-32(15-13-31)22-11-10-19(16-18(22)2)28-25-27-17-20(26)24(30-25)29-21-8-6-7-9-23(21)34(3,4)33/h6-11,16-17H,5,12-15H2,1-4H3,(H2,27,28,29,30). The van der Waals surface area contributed by atoms with Crippen molar-refractivity contribution < 1.29 is 4.57 Å². The first kappa shape index (κ1) is 24.5. The van der Waals surface area contributed by atoms with Gasteiger partial charge in [0.05, 0.1) is 11.9 Å². The Morgan fingerprint density at radius 1 is 1.06 bits per heavy atom. The van der Waals surface area contributed by atoms with Gasteiger partial charge >= 0.3 is 0 Å². The van der Waals surface area contributed by atoms with Crippen molar-refractivity contribution in [2.24, 2.45) is 0 Å². The first-order chi connectivity index (χ1) is 16.2. The fourth-order valence-electron chi connectivity index (χ4n) is 4.21. The van der Waals surface area contributed by atoms with E-state index in [1.165, 1.54) is 11.3 Å². The summed E-state index contributed by atoms with van der Waals surface area (Å²) in [6, 6.07) is 13.8. The number of benzene rings is 2. The highest BCUT2D eigenvalue weighted by molar-refractivity contribution is 7.70. The van der Waals surface area contributed by atoms with Crippen LogP contribution in [0.3, 0.4) is 0 Å². The Balaban J connectivity index is 1.51. The number of hydrogen-bond acceptors (Lipinski definition) is 7. The van der Waals surface area contributed by atoms with Gasteiger partial charge in [0, 0.05) is 42.9 Å².